The molecule has 1 saturated carbocycles. The first-order valence-electron chi connectivity index (χ1n) is 28.7. The average Bonchev–Trinajstić information content (AvgIpc) is 3.99. The number of rotatable bonds is 19. The zero-order valence-corrected chi connectivity index (χ0v) is 52.4. The Morgan fingerprint density at radius 1 is 0.938 bits per heavy atom. The van der Waals surface area contributed by atoms with Crippen LogP contribution in [0, 0.1) is 13.8 Å². The first-order chi connectivity index (χ1) is 39.0. The Balaban J connectivity index is 0. The fraction of sp³-hybridized carbons (Fsp3) is 0.524. The Kier molecular flexibility index (Phi) is 45.9. The maximum atomic E-state index is 12.4. The number of aliphatic imine (C=N–C) groups is 1. The van der Waals surface area contributed by atoms with Gasteiger partial charge in [0, 0.05) is 89.0 Å². The Bertz CT molecular complexity index is 2400. The molecular formula is C63H98ClN9O7S. The van der Waals surface area contributed by atoms with Crippen molar-refractivity contribution in [3.05, 3.63) is 105 Å². The number of ketones is 1. The summed E-state index contributed by atoms with van der Waals surface area (Å²) in [7, 11) is 1.77. The van der Waals surface area contributed by atoms with Gasteiger partial charge in [-0.1, -0.05) is 154 Å². The predicted molar refractivity (Wildman–Crippen MR) is 342 cm³/mol. The Morgan fingerprint density at radius 3 is 1.99 bits per heavy atom. The quantitative estimate of drug-likeness (QED) is 0.0102. The van der Waals surface area contributed by atoms with Crippen molar-refractivity contribution < 1.29 is 33.6 Å². The van der Waals surface area contributed by atoms with Crippen molar-refractivity contribution >= 4 is 94.4 Å². The highest BCUT2D eigenvalue weighted by Crippen LogP contribution is 2.39. The molecule has 1 atom stereocenters. The molecule has 16 nitrogen and oxygen atoms in total. The van der Waals surface area contributed by atoms with Gasteiger partial charge in [-0.3, -0.25) is 44.0 Å². The molecule has 0 spiro atoms. The minimum atomic E-state index is -0.459. The maximum absolute atomic E-state index is 12.4. The third kappa shape index (κ3) is 30.9. The largest absolute Gasteiger partial charge is 0.359 e. The molecule has 450 valence electrons. The van der Waals surface area contributed by atoms with Gasteiger partial charge in [-0.2, -0.15) is 5.10 Å². The highest BCUT2D eigenvalue weighted by molar-refractivity contribution is 7.17. The smallest absolute Gasteiger partial charge is 0.243 e. The summed E-state index contributed by atoms with van der Waals surface area (Å²) in [4.78, 5) is 86.0. The zero-order valence-electron chi connectivity index (χ0n) is 50.9. The number of benzene rings is 2. The van der Waals surface area contributed by atoms with Crippen LogP contribution in [0.5, 0.6) is 0 Å². The lowest BCUT2D eigenvalue weighted by atomic mass is 10.00. The van der Waals surface area contributed by atoms with Crippen LogP contribution in [-0.2, 0) is 35.3 Å². The summed E-state index contributed by atoms with van der Waals surface area (Å²) in [6.45, 7) is 32.7. The molecule has 1 unspecified atom stereocenters. The fourth-order valence-electron chi connectivity index (χ4n) is 8.12. The number of fused-ring (bicyclic) bond motifs is 1. The molecular weight excluding hydrogens is 1060 g/mol. The molecule has 2 aliphatic heterocycles. The third-order valence-corrected chi connectivity index (χ3v) is 14.0. The van der Waals surface area contributed by atoms with Crippen molar-refractivity contribution in [1.82, 2.24) is 15.5 Å². The number of halogens is 1. The summed E-state index contributed by atoms with van der Waals surface area (Å²) < 4.78 is 0. The second-order valence-electron chi connectivity index (χ2n) is 18.3. The number of carbonyl (C=O) groups is 7. The van der Waals surface area contributed by atoms with E-state index >= 15 is 0 Å². The number of anilines is 2. The third-order valence-electron chi connectivity index (χ3n) is 12.5. The van der Waals surface area contributed by atoms with Crippen LogP contribution in [0.4, 0.5) is 10.7 Å². The van der Waals surface area contributed by atoms with E-state index in [-0.39, 0.29) is 29.9 Å². The summed E-state index contributed by atoms with van der Waals surface area (Å²) in [5.41, 5.74) is 12.2. The van der Waals surface area contributed by atoms with Gasteiger partial charge < -0.3 is 26.1 Å². The van der Waals surface area contributed by atoms with Crippen LogP contribution < -0.4 is 26.6 Å². The molecule has 2 fully saturated rings. The van der Waals surface area contributed by atoms with E-state index in [0.717, 1.165) is 86.3 Å². The van der Waals surface area contributed by atoms with E-state index in [4.69, 9.17) is 27.1 Å². The van der Waals surface area contributed by atoms with Crippen LogP contribution in [0.3, 0.4) is 0 Å². The number of thiophene rings is 1. The summed E-state index contributed by atoms with van der Waals surface area (Å²) in [6.07, 6.45) is 21.0. The van der Waals surface area contributed by atoms with Crippen molar-refractivity contribution in [1.29, 1.82) is 0 Å². The lowest BCUT2D eigenvalue weighted by molar-refractivity contribution is -0.137. The number of nitrogens with two attached hydrogens (primary N) is 1. The number of imide groups is 1. The number of nitrogens with zero attached hydrogens (tertiary/aromatic N) is 5. The summed E-state index contributed by atoms with van der Waals surface area (Å²) >= 11 is 7.84. The average molecular weight is 1160 g/mol. The van der Waals surface area contributed by atoms with E-state index in [1.165, 1.54) is 85.9 Å². The van der Waals surface area contributed by atoms with Crippen LogP contribution in [0.25, 0.3) is 0 Å². The number of Topliss-reactive ketones (excluding diaryl/α,β-unsaturated/α-hetero) is 1. The van der Waals surface area contributed by atoms with Crippen LogP contribution in [-0.4, -0.2) is 105 Å². The van der Waals surface area contributed by atoms with Crippen LogP contribution >= 0.6 is 22.9 Å². The Morgan fingerprint density at radius 2 is 1.52 bits per heavy atom. The molecule has 3 aliphatic rings. The van der Waals surface area contributed by atoms with Gasteiger partial charge in [0.25, 0.3) is 0 Å². The lowest BCUT2D eigenvalue weighted by Gasteiger charge is -2.30. The lowest BCUT2D eigenvalue weighted by Crippen LogP contribution is -2.51. The zero-order chi connectivity index (χ0) is 61.5. The molecule has 5 N–H and O–H groups in total. The Labute approximate surface area is 495 Å². The van der Waals surface area contributed by atoms with E-state index < -0.39 is 6.04 Å². The van der Waals surface area contributed by atoms with Crippen molar-refractivity contribution in [2.24, 2.45) is 20.9 Å². The molecule has 3 aromatic rings. The van der Waals surface area contributed by atoms with E-state index in [9.17, 15) is 28.8 Å². The molecule has 1 aliphatic carbocycles. The minimum Gasteiger partial charge on any atom is -0.359 e. The molecule has 2 aromatic carbocycles. The van der Waals surface area contributed by atoms with Gasteiger partial charge in [-0.15, -0.1) is 16.4 Å². The number of carbonyl (C=O) groups excluding carboxylic acids is 7. The van der Waals surface area contributed by atoms with Gasteiger partial charge in [-0.05, 0) is 91.2 Å². The van der Waals surface area contributed by atoms with Gasteiger partial charge in [0.15, 0.2) is 5.78 Å². The number of aldehydes is 2. The van der Waals surface area contributed by atoms with Gasteiger partial charge in [-0.25, -0.2) is 0 Å². The number of unbranched alkanes of at least 4 members (excludes halogenated alkanes) is 4. The number of allylic oxidation sites excluding steroid dienone is 2. The first-order valence-corrected chi connectivity index (χ1v) is 29.9. The highest BCUT2D eigenvalue weighted by Gasteiger charge is 2.31. The van der Waals surface area contributed by atoms with Gasteiger partial charge in [0.2, 0.25) is 24.1 Å². The summed E-state index contributed by atoms with van der Waals surface area (Å²) in [5.74, 6) is 0.202. The van der Waals surface area contributed by atoms with Crippen LogP contribution in [0.2, 0.25) is 5.02 Å². The summed E-state index contributed by atoms with van der Waals surface area (Å²) in [5, 5.41) is 17.6. The topological polar surface area (TPSA) is 225 Å². The molecule has 1 saturated heterocycles. The number of piperidine rings is 1. The number of likely N-dealkylation sites (N-methyl/N-ethyl adjacent to an activating group) is 1. The normalized spacial score (nSPS) is 14.1. The fourth-order valence-corrected chi connectivity index (χ4v) is 9.45. The van der Waals surface area contributed by atoms with E-state index in [2.05, 4.69) is 71.7 Å². The molecule has 1 aromatic heterocycles. The summed E-state index contributed by atoms with van der Waals surface area (Å²) in [6, 6.07) is 12.6. The molecule has 4 amide bonds. The van der Waals surface area contributed by atoms with Crippen molar-refractivity contribution in [2.75, 3.05) is 43.4 Å². The van der Waals surface area contributed by atoms with Gasteiger partial charge in [0.05, 0.1) is 18.3 Å². The second kappa shape index (κ2) is 48.4. The van der Waals surface area contributed by atoms with Crippen molar-refractivity contribution in [3.8, 4) is 0 Å². The number of hydrogen-bond acceptors (Lipinski definition) is 13. The van der Waals surface area contributed by atoms with Gasteiger partial charge in [0.1, 0.15) is 23.4 Å². The number of aryl methyl sites for hydroxylation is 1. The predicted octanol–water partition coefficient (Wildman–Crippen LogP) is 13.1. The van der Waals surface area contributed by atoms with Crippen molar-refractivity contribution in [3.63, 3.8) is 0 Å². The number of nitrogens with one attached hydrogen (secondary N) is 3. The standard InChI is InChI=1S/C22H32N4O4.C19H21ClN4S.C7H14.C6H8O.C3H7NO.C2H4O.2C2H6/c1-26(19-11-12-21(29)25-22(19)30)14-17-16(15-27)8-7-9-18(17)24-20(28)10-5-3-2-4-6-13-23;1-5-16(23-21-4)24-11-10-22-18(14-6-8-15(20)9-7-14)17-12(2)13(3)25-19(17)24;1-2-4-6-7-5-3-1;1-4-5(2)6(3)7;1-2-4-3-5;1-2-3;2*1-2/h7-9,15,19H,2-6,10-14,23H2,1H3,(H,24,28)(H,25,29,30);6-9H,4-5,10-11H2,1-3H3;1-7H2;4H,1-2H2,3H3;3H,2H2,1H3,(H,4,5);2H,1H3;2*1-2H3/b;23-16-;;;;;;. The first kappa shape index (κ1) is 76.8. The highest BCUT2D eigenvalue weighted by atomic mass is 35.5. The number of hydrogen-bond donors (Lipinski definition) is 4. The van der Waals surface area contributed by atoms with Crippen LogP contribution in [0.1, 0.15) is 196 Å². The molecule has 3 heterocycles. The maximum Gasteiger partial charge on any atom is 0.243 e. The van der Waals surface area contributed by atoms with Crippen molar-refractivity contribution in [2.45, 2.75) is 185 Å². The van der Waals surface area contributed by atoms with Gasteiger partial charge >= 0.3 is 0 Å². The van der Waals surface area contributed by atoms with E-state index in [0.29, 0.717) is 61.3 Å². The molecule has 0 bridgehead atoms. The van der Waals surface area contributed by atoms with Crippen LogP contribution in [0.15, 0.2) is 82.5 Å². The number of amides is 4. The van der Waals surface area contributed by atoms with E-state index in [1.54, 1.807) is 41.5 Å². The SMILES string of the molecule is C1CCCCCC1.C=CC(=C)C(C)=O.C=N/N=C(/CC)N1CCN=C(c2ccc(Cl)cc2)c2c1sc(C)c2C.CC.CC.CC=O.CCNC=O.CN(Cc1c(C=O)cccc1NC(=O)CCCCCCCN)C1CCC(=O)NC1=O. The molecule has 81 heavy (non-hydrogen) atoms. The molecule has 0 radical (unpaired) electrons. The molecule has 6 rings (SSSR count). The Hall–Kier alpha value is -6.27. The number of amidine groups is 1. The second-order valence-corrected chi connectivity index (χ2v) is 19.9. The molecule has 18 heteroatoms. The monoisotopic (exact) mass is 1160 g/mol. The van der Waals surface area contributed by atoms with E-state index in [1.807, 2.05) is 58.9 Å². The minimum absolute atomic E-state index is 0.0185.